The molecule has 2 N–H and O–H groups in total. The van der Waals surface area contributed by atoms with E-state index in [-0.39, 0.29) is 23.8 Å². The SMILES string of the molecule is COCC1(CNS(=O)(=O)c2ccc(F)c(F)c2)CCCN1.Cl. The van der Waals surface area contributed by atoms with Crippen LogP contribution in [-0.2, 0) is 14.8 Å². The molecule has 5 nitrogen and oxygen atoms in total. The van der Waals surface area contributed by atoms with E-state index in [1.165, 1.54) is 0 Å². The third-order valence-corrected chi connectivity index (χ3v) is 4.95. The molecule has 1 unspecified atom stereocenters. The first-order valence-electron chi connectivity index (χ1n) is 6.57. The van der Waals surface area contributed by atoms with Crippen LogP contribution in [0.2, 0.25) is 0 Å². The van der Waals surface area contributed by atoms with E-state index in [0.717, 1.165) is 31.5 Å². The first-order valence-corrected chi connectivity index (χ1v) is 8.06. The summed E-state index contributed by atoms with van der Waals surface area (Å²) in [4.78, 5) is -0.299. The van der Waals surface area contributed by atoms with Gasteiger partial charge in [-0.25, -0.2) is 21.9 Å². The van der Waals surface area contributed by atoms with Crippen LogP contribution >= 0.6 is 12.4 Å². The molecule has 1 aliphatic heterocycles. The van der Waals surface area contributed by atoms with Gasteiger partial charge in [0.25, 0.3) is 0 Å². The zero-order valence-corrected chi connectivity index (χ0v) is 13.7. The predicted octanol–water partition coefficient (Wildman–Crippen LogP) is 1.43. The largest absolute Gasteiger partial charge is 0.383 e. The summed E-state index contributed by atoms with van der Waals surface area (Å²) in [5.74, 6) is -2.27. The van der Waals surface area contributed by atoms with Gasteiger partial charge in [0, 0.05) is 13.7 Å². The molecule has 1 aromatic rings. The summed E-state index contributed by atoms with van der Waals surface area (Å²) in [7, 11) is -2.35. The van der Waals surface area contributed by atoms with Gasteiger partial charge >= 0.3 is 0 Å². The highest BCUT2D eigenvalue weighted by Crippen LogP contribution is 2.20. The summed E-state index contributed by atoms with van der Waals surface area (Å²) >= 11 is 0. The zero-order chi connectivity index (χ0) is 15.5. The molecule has 9 heteroatoms. The standard InChI is InChI=1S/C13H18F2N2O3S.ClH/c1-20-9-13(5-2-6-16-13)8-17-21(18,19)10-3-4-11(14)12(15)7-10;/h3-4,7,16-17H,2,5-6,8-9H2,1H3;1H. The Labute approximate surface area is 134 Å². The summed E-state index contributed by atoms with van der Waals surface area (Å²) in [6, 6.07) is 2.50. The maximum Gasteiger partial charge on any atom is 0.240 e. The Morgan fingerprint density at radius 2 is 2.09 bits per heavy atom. The third kappa shape index (κ3) is 4.36. The number of benzene rings is 1. The van der Waals surface area contributed by atoms with Crippen LogP contribution in [0.4, 0.5) is 8.78 Å². The summed E-state index contributed by atoms with van der Waals surface area (Å²) < 4.78 is 57.8. The lowest BCUT2D eigenvalue weighted by molar-refractivity contribution is 0.122. The van der Waals surface area contributed by atoms with Gasteiger partial charge in [0.15, 0.2) is 11.6 Å². The third-order valence-electron chi connectivity index (χ3n) is 3.55. The van der Waals surface area contributed by atoms with Crippen molar-refractivity contribution in [3.63, 3.8) is 0 Å². The summed E-state index contributed by atoms with van der Waals surface area (Å²) in [6.07, 6.45) is 1.71. The molecule has 1 saturated heterocycles. The molecule has 0 bridgehead atoms. The zero-order valence-electron chi connectivity index (χ0n) is 12.1. The maximum absolute atomic E-state index is 13.1. The Kier molecular flexibility index (Phi) is 6.69. The molecule has 0 aliphatic carbocycles. The normalized spacial score (nSPS) is 21.6. The lowest BCUT2D eigenvalue weighted by Gasteiger charge is -2.28. The van der Waals surface area contributed by atoms with Crippen LogP contribution in [0, 0.1) is 11.6 Å². The molecule has 0 amide bonds. The fraction of sp³-hybridized carbons (Fsp3) is 0.538. The van der Waals surface area contributed by atoms with Gasteiger partial charge in [0.2, 0.25) is 10.0 Å². The monoisotopic (exact) mass is 356 g/mol. The van der Waals surface area contributed by atoms with E-state index in [2.05, 4.69) is 10.0 Å². The van der Waals surface area contributed by atoms with E-state index < -0.39 is 27.2 Å². The van der Waals surface area contributed by atoms with E-state index in [4.69, 9.17) is 4.74 Å². The number of hydrogen-bond acceptors (Lipinski definition) is 4. The molecule has 0 aromatic heterocycles. The average molecular weight is 357 g/mol. The molecule has 0 radical (unpaired) electrons. The van der Waals surface area contributed by atoms with Crippen molar-refractivity contribution < 1.29 is 21.9 Å². The Bertz CT molecular complexity index is 607. The van der Waals surface area contributed by atoms with Crippen molar-refractivity contribution in [1.29, 1.82) is 0 Å². The average Bonchev–Trinajstić information content (AvgIpc) is 2.89. The number of hydrogen-bond donors (Lipinski definition) is 2. The number of sulfonamides is 1. The lowest BCUT2D eigenvalue weighted by Crippen LogP contribution is -2.52. The second-order valence-electron chi connectivity index (χ2n) is 5.14. The highest BCUT2D eigenvalue weighted by molar-refractivity contribution is 7.89. The van der Waals surface area contributed by atoms with Crippen LogP contribution in [0.5, 0.6) is 0 Å². The molecule has 22 heavy (non-hydrogen) atoms. The minimum Gasteiger partial charge on any atom is -0.383 e. The predicted molar refractivity (Wildman–Crippen MR) is 80.6 cm³/mol. The second kappa shape index (κ2) is 7.65. The van der Waals surface area contributed by atoms with Gasteiger partial charge in [-0.3, -0.25) is 0 Å². The van der Waals surface area contributed by atoms with E-state index >= 15 is 0 Å². The van der Waals surface area contributed by atoms with Gasteiger partial charge in [0.05, 0.1) is 17.0 Å². The Hall–Kier alpha value is -0.800. The van der Waals surface area contributed by atoms with Crippen molar-refractivity contribution in [3.05, 3.63) is 29.8 Å². The minimum absolute atomic E-state index is 0. The molecule has 1 aliphatic rings. The lowest BCUT2D eigenvalue weighted by atomic mass is 9.99. The Morgan fingerprint density at radius 3 is 2.64 bits per heavy atom. The Balaban J connectivity index is 0.00000242. The topological polar surface area (TPSA) is 67.4 Å². The summed E-state index contributed by atoms with van der Waals surface area (Å²) in [6.45, 7) is 1.28. The first kappa shape index (κ1) is 19.2. The van der Waals surface area contributed by atoms with E-state index in [1.807, 2.05) is 0 Å². The molecule has 1 heterocycles. The molecule has 2 rings (SSSR count). The van der Waals surface area contributed by atoms with Crippen LogP contribution in [0.3, 0.4) is 0 Å². The van der Waals surface area contributed by atoms with Crippen LogP contribution < -0.4 is 10.0 Å². The van der Waals surface area contributed by atoms with Crippen molar-refractivity contribution in [1.82, 2.24) is 10.0 Å². The highest BCUT2D eigenvalue weighted by atomic mass is 35.5. The summed E-state index contributed by atoms with van der Waals surface area (Å²) in [5, 5.41) is 3.23. The van der Waals surface area contributed by atoms with Gasteiger partial charge < -0.3 is 10.1 Å². The molecule has 1 aromatic carbocycles. The number of nitrogens with one attached hydrogen (secondary N) is 2. The van der Waals surface area contributed by atoms with Crippen LogP contribution in [-0.4, -0.2) is 40.8 Å². The van der Waals surface area contributed by atoms with Gasteiger partial charge in [-0.2, -0.15) is 0 Å². The first-order chi connectivity index (χ1) is 9.88. The van der Waals surface area contributed by atoms with E-state index in [9.17, 15) is 17.2 Å². The smallest absolute Gasteiger partial charge is 0.240 e. The number of ether oxygens (including phenoxy) is 1. The van der Waals surface area contributed by atoms with Crippen LogP contribution in [0.25, 0.3) is 0 Å². The summed E-state index contributed by atoms with van der Waals surface area (Å²) in [5.41, 5.74) is -0.458. The van der Waals surface area contributed by atoms with Gasteiger partial charge in [-0.1, -0.05) is 0 Å². The van der Waals surface area contributed by atoms with E-state index in [0.29, 0.717) is 12.7 Å². The van der Waals surface area contributed by atoms with Gasteiger partial charge in [-0.15, -0.1) is 12.4 Å². The number of rotatable bonds is 6. The fourth-order valence-electron chi connectivity index (χ4n) is 2.43. The van der Waals surface area contributed by atoms with E-state index in [1.54, 1.807) is 7.11 Å². The molecule has 1 atom stereocenters. The maximum atomic E-state index is 13.1. The molecule has 0 spiro atoms. The number of methoxy groups -OCH3 is 1. The van der Waals surface area contributed by atoms with Crippen molar-refractivity contribution in [2.75, 3.05) is 26.8 Å². The Morgan fingerprint density at radius 1 is 1.36 bits per heavy atom. The second-order valence-corrected chi connectivity index (χ2v) is 6.91. The van der Waals surface area contributed by atoms with Crippen molar-refractivity contribution in [2.24, 2.45) is 0 Å². The molecule has 0 saturated carbocycles. The molecular weight excluding hydrogens is 338 g/mol. The molecule has 1 fully saturated rings. The quantitative estimate of drug-likeness (QED) is 0.809. The minimum atomic E-state index is -3.90. The van der Waals surface area contributed by atoms with Crippen molar-refractivity contribution >= 4 is 22.4 Å². The van der Waals surface area contributed by atoms with Crippen LogP contribution in [0.15, 0.2) is 23.1 Å². The molecule has 126 valence electrons. The van der Waals surface area contributed by atoms with Crippen molar-refractivity contribution in [3.8, 4) is 0 Å². The highest BCUT2D eigenvalue weighted by Gasteiger charge is 2.34. The van der Waals surface area contributed by atoms with Gasteiger partial charge in [-0.05, 0) is 37.6 Å². The van der Waals surface area contributed by atoms with Gasteiger partial charge in [0.1, 0.15) is 0 Å². The fourth-order valence-corrected chi connectivity index (χ4v) is 3.57. The molecular formula is C13H19ClF2N2O3S. The number of halogens is 3. The van der Waals surface area contributed by atoms with Crippen LogP contribution in [0.1, 0.15) is 12.8 Å². The van der Waals surface area contributed by atoms with Crippen molar-refractivity contribution in [2.45, 2.75) is 23.3 Å².